The first-order valence-electron chi connectivity index (χ1n) is 5.81. The fraction of sp³-hybridized carbons (Fsp3) is 0.462. The van der Waals surface area contributed by atoms with E-state index >= 15 is 0 Å². The highest BCUT2D eigenvalue weighted by Gasteiger charge is 2.33. The molecule has 0 unspecified atom stereocenters. The first-order valence-corrected chi connectivity index (χ1v) is 6.18. The molecule has 1 amide bonds. The maximum atomic E-state index is 12.0. The van der Waals surface area contributed by atoms with Gasteiger partial charge in [0.25, 0.3) is 5.91 Å². The van der Waals surface area contributed by atoms with Crippen LogP contribution < -0.4 is 10.1 Å². The van der Waals surface area contributed by atoms with Crippen molar-refractivity contribution in [3.63, 3.8) is 0 Å². The smallest absolute Gasteiger partial charge is 0.263 e. The lowest BCUT2D eigenvalue weighted by Crippen LogP contribution is -2.56. The fourth-order valence-electron chi connectivity index (χ4n) is 1.52. The molecule has 1 aliphatic heterocycles. The molecule has 0 saturated carbocycles. The standard InChI is InChI=1S/C13H16ClNO3/c1-13(2,12(16)15-10-7-17-8-10)18-11-5-3-9(14)4-6-11/h3-6,10H,7-8H2,1-2H3,(H,15,16). The van der Waals surface area contributed by atoms with Crippen LogP contribution in [-0.2, 0) is 9.53 Å². The van der Waals surface area contributed by atoms with E-state index in [1.165, 1.54) is 0 Å². The zero-order valence-electron chi connectivity index (χ0n) is 10.4. The quantitative estimate of drug-likeness (QED) is 0.910. The number of carbonyl (C=O) groups excluding carboxylic acids is 1. The molecule has 98 valence electrons. The number of rotatable bonds is 4. The minimum atomic E-state index is -0.927. The van der Waals surface area contributed by atoms with E-state index < -0.39 is 5.60 Å². The molecule has 1 fully saturated rings. The van der Waals surface area contributed by atoms with Gasteiger partial charge in [-0.05, 0) is 38.1 Å². The Morgan fingerprint density at radius 3 is 2.50 bits per heavy atom. The van der Waals surface area contributed by atoms with Crippen LogP contribution in [0.5, 0.6) is 5.75 Å². The van der Waals surface area contributed by atoms with Crippen LogP contribution in [0.2, 0.25) is 5.02 Å². The summed E-state index contributed by atoms with van der Waals surface area (Å²) >= 11 is 5.79. The Kier molecular flexibility index (Phi) is 3.78. The summed E-state index contributed by atoms with van der Waals surface area (Å²) in [6, 6.07) is 7.04. The van der Waals surface area contributed by atoms with Crippen molar-refractivity contribution in [1.29, 1.82) is 0 Å². The summed E-state index contributed by atoms with van der Waals surface area (Å²) in [6.07, 6.45) is 0. The number of halogens is 1. The van der Waals surface area contributed by atoms with E-state index in [0.717, 1.165) is 0 Å². The Balaban J connectivity index is 1.96. The highest BCUT2D eigenvalue weighted by atomic mass is 35.5. The number of ether oxygens (including phenoxy) is 2. The predicted molar refractivity (Wildman–Crippen MR) is 68.9 cm³/mol. The van der Waals surface area contributed by atoms with Gasteiger partial charge in [-0.25, -0.2) is 0 Å². The van der Waals surface area contributed by atoms with Gasteiger partial charge in [0.05, 0.1) is 19.3 Å². The molecule has 5 heteroatoms. The summed E-state index contributed by atoms with van der Waals surface area (Å²) in [5.41, 5.74) is -0.927. The van der Waals surface area contributed by atoms with Crippen molar-refractivity contribution in [1.82, 2.24) is 5.32 Å². The largest absolute Gasteiger partial charge is 0.478 e. The molecule has 0 radical (unpaired) electrons. The second-order valence-corrected chi connectivity index (χ2v) is 5.21. The van der Waals surface area contributed by atoms with Crippen molar-refractivity contribution in [3.8, 4) is 5.75 Å². The number of amides is 1. The minimum absolute atomic E-state index is 0.102. The molecule has 1 aromatic carbocycles. The van der Waals surface area contributed by atoms with Gasteiger partial charge in [0, 0.05) is 5.02 Å². The summed E-state index contributed by atoms with van der Waals surface area (Å²) in [4.78, 5) is 12.0. The predicted octanol–water partition coefficient (Wildman–Crippen LogP) is 2.01. The Hall–Kier alpha value is -1.26. The van der Waals surface area contributed by atoms with Crippen molar-refractivity contribution >= 4 is 17.5 Å². The zero-order chi connectivity index (χ0) is 13.2. The molecular weight excluding hydrogens is 254 g/mol. The molecule has 0 spiro atoms. The molecule has 4 nitrogen and oxygen atoms in total. The molecule has 18 heavy (non-hydrogen) atoms. The van der Waals surface area contributed by atoms with Gasteiger partial charge < -0.3 is 14.8 Å². The molecule has 2 rings (SSSR count). The molecule has 1 aliphatic rings. The summed E-state index contributed by atoms with van der Waals surface area (Å²) in [5, 5.41) is 3.51. The number of nitrogens with one attached hydrogen (secondary N) is 1. The van der Waals surface area contributed by atoms with Crippen LogP contribution in [0, 0.1) is 0 Å². The molecular formula is C13H16ClNO3. The van der Waals surface area contributed by atoms with Crippen LogP contribution in [0.1, 0.15) is 13.8 Å². The zero-order valence-corrected chi connectivity index (χ0v) is 11.2. The number of carbonyl (C=O) groups is 1. The van der Waals surface area contributed by atoms with Gasteiger partial charge in [0.1, 0.15) is 5.75 Å². The second kappa shape index (κ2) is 5.16. The first-order chi connectivity index (χ1) is 8.47. The van der Waals surface area contributed by atoms with E-state index in [-0.39, 0.29) is 11.9 Å². The van der Waals surface area contributed by atoms with Crippen LogP contribution in [0.4, 0.5) is 0 Å². The summed E-state index contributed by atoms with van der Waals surface area (Å²) in [7, 11) is 0. The van der Waals surface area contributed by atoms with Gasteiger partial charge in [0.15, 0.2) is 5.60 Å². The monoisotopic (exact) mass is 269 g/mol. The van der Waals surface area contributed by atoms with Crippen molar-refractivity contribution in [2.75, 3.05) is 13.2 Å². The second-order valence-electron chi connectivity index (χ2n) is 4.77. The van der Waals surface area contributed by atoms with E-state index in [0.29, 0.717) is 24.0 Å². The number of hydrogen-bond donors (Lipinski definition) is 1. The lowest BCUT2D eigenvalue weighted by atomic mass is 10.1. The molecule has 0 bridgehead atoms. The highest BCUT2D eigenvalue weighted by Crippen LogP contribution is 2.21. The average Bonchev–Trinajstić information content (AvgIpc) is 2.26. The van der Waals surface area contributed by atoms with Crippen molar-refractivity contribution in [2.45, 2.75) is 25.5 Å². The van der Waals surface area contributed by atoms with Gasteiger partial charge in [-0.3, -0.25) is 4.79 Å². The maximum absolute atomic E-state index is 12.0. The van der Waals surface area contributed by atoms with Crippen LogP contribution in [-0.4, -0.2) is 30.8 Å². The molecule has 1 N–H and O–H groups in total. The van der Waals surface area contributed by atoms with E-state index in [1.54, 1.807) is 38.1 Å². The van der Waals surface area contributed by atoms with Crippen LogP contribution in [0.25, 0.3) is 0 Å². The number of benzene rings is 1. The lowest BCUT2D eigenvalue weighted by molar-refractivity contribution is -0.138. The van der Waals surface area contributed by atoms with E-state index in [1.807, 2.05) is 0 Å². The Bertz CT molecular complexity index is 426. The SMILES string of the molecule is CC(C)(Oc1ccc(Cl)cc1)C(=O)NC1COC1. The maximum Gasteiger partial charge on any atom is 0.263 e. The fourth-order valence-corrected chi connectivity index (χ4v) is 1.65. The van der Waals surface area contributed by atoms with Crippen molar-refractivity contribution < 1.29 is 14.3 Å². The normalized spacial score (nSPS) is 15.9. The molecule has 1 heterocycles. The van der Waals surface area contributed by atoms with Crippen molar-refractivity contribution in [2.24, 2.45) is 0 Å². The van der Waals surface area contributed by atoms with Crippen LogP contribution >= 0.6 is 11.6 Å². The van der Waals surface area contributed by atoms with Crippen LogP contribution in [0.3, 0.4) is 0 Å². The third-order valence-electron chi connectivity index (χ3n) is 2.71. The van der Waals surface area contributed by atoms with Gasteiger partial charge in [-0.2, -0.15) is 0 Å². The van der Waals surface area contributed by atoms with Gasteiger partial charge >= 0.3 is 0 Å². The van der Waals surface area contributed by atoms with Crippen LogP contribution in [0.15, 0.2) is 24.3 Å². The van der Waals surface area contributed by atoms with E-state index in [9.17, 15) is 4.79 Å². The Morgan fingerprint density at radius 1 is 1.39 bits per heavy atom. The molecule has 0 aliphatic carbocycles. The topological polar surface area (TPSA) is 47.6 Å². The summed E-state index contributed by atoms with van der Waals surface area (Å²) < 4.78 is 10.7. The average molecular weight is 270 g/mol. The minimum Gasteiger partial charge on any atom is -0.478 e. The molecule has 1 saturated heterocycles. The molecule has 1 aromatic rings. The Morgan fingerprint density at radius 2 is 2.00 bits per heavy atom. The number of hydrogen-bond acceptors (Lipinski definition) is 3. The van der Waals surface area contributed by atoms with Crippen molar-refractivity contribution in [3.05, 3.63) is 29.3 Å². The molecule has 0 aromatic heterocycles. The third-order valence-corrected chi connectivity index (χ3v) is 2.96. The summed E-state index contributed by atoms with van der Waals surface area (Å²) in [6.45, 7) is 4.61. The van der Waals surface area contributed by atoms with Gasteiger partial charge in [-0.1, -0.05) is 11.6 Å². The third kappa shape index (κ3) is 3.15. The summed E-state index contributed by atoms with van der Waals surface area (Å²) in [5.74, 6) is 0.468. The highest BCUT2D eigenvalue weighted by molar-refractivity contribution is 6.30. The van der Waals surface area contributed by atoms with Gasteiger partial charge in [-0.15, -0.1) is 0 Å². The van der Waals surface area contributed by atoms with E-state index in [2.05, 4.69) is 5.32 Å². The van der Waals surface area contributed by atoms with Gasteiger partial charge in [0.2, 0.25) is 0 Å². The van der Waals surface area contributed by atoms with E-state index in [4.69, 9.17) is 21.1 Å². The Labute approximate surface area is 111 Å². The lowest BCUT2D eigenvalue weighted by Gasteiger charge is -2.32. The molecule has 0 atom stereocenters. The first kappa shape index (κ1) is 13.2.